The Morgan fingerprint density at radius 3 is 2.76 bits per heavy atom. The minimum Gasteiger partial charge on any atom is -0.337 e. The number of aryl methyl sites for hydroxylation is 1. The van der Waals surface area contributed by atoms with Crippen molar-refractivity contribution >= 4 is 5.91 Å². The molecular formula is C15H21N5O. The van der Waals surface area contributed by atoms with Crippen LogP contribution in [0.5, 0.6) is 0 Å². The van der Waals surface area contributed by atoms with Gasteiger partial charge in [0.15, 0.2) is 0 Å². The first-order valence-electron chi connectivity index (χ1n) is 7.41. The predicted octanol–water partition coefficient (Wildman–Crippen LogP) is 1.55. The Morgan fingerprint density at radius 1 is 1.43 bits per heavy atom. The normalized spacial score (nSPS) is 16.4. The van der Waals surface area contributed by atoms with E-state index in [1.165, 1.54) is 5.69 Å². The van der Waals surface area contributed by atoms with Gasteiger partial charge in [-0.3, -0.25) is 9.89 Å². The lowest BCUT2D eigenvalue weighted by atomic mass is 9.92. The quantitative estimate of drug-likeness (QED) is 0.931. The molecule has 3 heterocycles. The van der Waals surface area contributed by atoms with Gasteiger partial charge in [-0.1, -0.05) is 0 Å². The van der Waals surface area contributed by atoms with Crippen LogP contribution in [0.4, 0.5) is 0 Å². The number of likely N-dealkylation sites (tertiary alicyclic amines) is 1. The summed E-state index contributed by atoms with van der Waals surface area (Å²) in [5.74, 6) is 1.59. The largest absolute Gasteiger partial charge is 0.337 e. The molecule has 0 aromatic carbocycles. The topological polar surface area (TPSA) is 66.8 Å². The molecule has 0 radical (unpaired) electrons. The minimum atomic E-state index is 0.0955. The lowest BCUT2D eigenvalue weighted by Crippen LogP contribution is -2.39. The zero-order chi connectivity index (χ0) is 14.8. The zero-order valence-electron chi connectivity index (χ0n) is 12.5. The summed E-state index contributed by atoms with van der Waals surface area (Å²) < 4.78 is 1.86. The number of imidazole rings is 1. The number of aromatic amines is 1. The van der Waals surface area contributed by atoms with Crippen molar-refractivity contribution in [3.63, 3.8) is 0 Å². The highest BCUT2D eigenvalue weighted by molar-refractivity contribution is 5.92. The molecule has 112 valence electrons. The second-order valence-electron chi connectivity index (χ2n) is 5.77. The molecule has 2 aromatic rings. The number of hydrogen-bond donors (Lipinski definition) is 1. The second kappa shape index (κ2) is 5.71. The van der Waals surface area contributed by atoms with Crippen LogP contribution >= 0.6 is 0 Å². The molecule has 0 spiro atoms. The highest BCUT2D eigenvalue weighted by Gasteiger charge is 2.25. The number of H-pyrrole nitrogens is 1. The average molecular weight is 287 g/mol. The molecule has 2 aromatic heterocycles. The van der Waals surface area contributed by atoms with Gasteiger partial charge >= 0.3 is 0 Å². The van der Waals surface area contributed by atoms with E-state index in [0.29, 0.717) is 11.6 Å². The molecule has 1 saturated heterocycles. The Bertz CT molecular complexity index is 608. The van der Waals surface area contributed by atoms with E-state index in [2.05, 4.69) is 15.2 Å². The summed E-state index contributed by atoms with van der Waals surface area (Å²) in [4.78, 5) is 18.7. The second-order valence-corrected chi connectivity index (χ2v) is 5.77. The molecule has 0 bridgehead atoms. The van der Waals surface area contributed by atoms with E-state index in [0.717, 1.165) is 38.2 Å². The van der Waals surface area contributed by atoms with E-state index in [1.54, 1.807) is 12.4 Å². The molecule has 1 fully saturated rings. The monoisotopic (exact) mass is 287 g/mol. The number of aromatic nitrogens is 4. The molecule has 1 N–H and O–H groups in total. The van der Waals surface area contributed by atoms with Crippen LogP contribution in [0.2, 0.25) is 0 Å². The number of amides is 1. The summed E-state index contributed by atoms with van der Waals surface area (Å²) in [6.07, 6.45) is 6.57. The Hall–Kier alpha value is -2.11. The third-order valence-corrected chi connectivity index (χ3v) is 4.41. The van der Waals surface area contributed by atoms with Gasteiger partial charge in [0.25, 0.3) is 5.91 Å². The third-order valence-electron chi connectivity index (χ3n) is 4.41. The number of nitrogens with zero attached hydrogens (tertiary/aromatic N) is 4. The van der Waals surface area contributed by atoms with Crippen molar-refractivity contribution in [3.05, 3.63) is 35.7 Å². The molecule has 0 atom stereocenters. The van der Waals surface area contributed by atoms with Crippen LogP contribution in [-0.2, 0) is 13.5 Å². The maximum atomic E-state index is 12.5. The summed E-state index contributed by atoms with van der Waals surface area (Å²) in [5.41, 5.74) is 1.86. The van der Waals surface area contributed by atoms with Crippen LogP contribution in [0.15, 0.2) is 18.5 Å². The van der Waals surface area contributed by atoms with Gasteiger partial charge < -0.3 is 9.47 Å². The van der Waals surface area contributed by atoms with E-state index < -0.39 is 0 Å². The number of rotatable bonds is 3. The molecule has 0 saturated carbocycles. The van der Waals surface area contributed by atoms with Gasteiger partial charge in [0, 0.05) is 32.0 Å². The van der Waals surface area contributed by atoms with Crippen molar-refractivity contribution in [1.29, 1.82) is 0 Å². The molecule has 0 aliphatic carbocycles. The summed E-state index contributed by atoms with van der Waals surface area (Å²) in [5, 5.41) is 7.00. The number of carbonyl (C=O) groups is 1. The SMILES string of the molecule is Cc1ncc(C(=O)N2CCC(Cc3ccn[nH]3)CC2)n1C. The molecule has 21 heavy (non-hydrogen) atoms. The maximum absolute atomic E-state index is 12.5. The fourth-order valence-electron chi connectivity index (χ4n) is 2.91. The van der Waals surface area contributed by atoms with Crippen molar-refractivity contribution in [2.75, 3.05) is 13.1 Å². The van der Waals surface area contributed by atoms with Gasteiger partial charge in [-0.05, 0) is 38.2 Å². The molecule has 6 nitrogen and oxygen atoms in total. The van der Waals surface area contributed by atoms with Crippen molar-refractivity contribution in [3.8, 4) is 0 Å². The van der Waals surface area contributed by atoms with Gasteiger partial charge in [0.05, 0.1) is 6.20 Å². The minimum absolute atomic E-state index is 0.0955. The van der Waals surface area contributed by atoms with Crippen molar-refractivity contribution in [2.24, 2.45) is 13.0 Å². The third kappa shape index (κ3) is 2.84. The summed E-state index contributed by atoms with van der Waals surface area (Å²) in [6, 6.07) is 2.02. The zero-order valence-corrected chi connectivity index (χ0v) is 12.5. The Kier molecular flexibility index (Phi) is 3.77. The van der Waals surface area contributed by atoms with Crippen molar-refractivity contribution in [1.82, 2.24) is 24.6 Å². The Labute approximate surface area is 124 Å². The average Bonchev–Trinajstić information content (AvgIpc) is 3.11. The van der Waals surface area contributed by atoms with Crippen molar-refractivity contribution < 1.29 is 4.79 Å². The van der Waals surface area contributed by atoms with E-state index in [9.17, 15) is 4.79 Å². The lowest BCUT2D eigenvalue weighted by molar-refractivity contribution is 0.0680. The van der Waals surface area contributed by atoms with Crippen LogP contribution in [0.3, 0.4) is 0 Å². The lowest BCUT2D eigenvalue weighted by Gasteiger charge is -2.31. The van der Waals surface area contributed by atoms with Crippen LogP contribution in [0.1, 0.15) is 34.8 Å². The highest BCUT2D eigenvalue weighted by atomic mass is 16.2. The number of carbonyl (C=O) groups excluding carboxylic acids is 1. The standard InChI is InChI=1S/C15H21N5O/c1-11-16-10-14(19(11)2)15(21)20-7-4-12(5-8-20)9-13-3-6-17-18-13/h3,6,10,12H,4-5,7-9H2,1-2H3,(H,17,18). The fraction of sp³-hybridized carbons (Fsp3) is 0.533. The van der Waals surface area contributed by atoms with Gasteiger partial charge in [-0.25, -0.2) is 4.98 Å². The van der Waals surface area contributed by atoms with Gasteiger partial charge in [-0.15, -0.1) is 0 Å². The van der Waals surface area contributed by atoms with Gasteiger partial charge in [0.2, 0.25) is 0 Å². The first-order valence-corrected chi connectivity index (χ1v) is 7.41. The molecule has 1 aliphatic heterocycles. The number of nitrogens with one attached hydrogen (secondary N) is 1. The fourth-order valence-corrected chi connectivity index (χ4v) is 2.91. The van der Waals surface area contributed by atoms with E-state index in [-0.39, 0.29) is 5.91 Å². The summed E-state index contributed by atoms with van der Waals surface area (Å²) in [7, 11) is 1.89. The van der Waals surface area contributed by atoms with E-state index in [4.69, 9.17) is 0 Å². The molecule has 1 amide bonds. The van der Waals surface area contributed by atoms with Crippen LogP contribution in [0.25, 0.3) is 0 Å². The summed E-state index contributed by atoms with van der Waals surface area (Å²) in [6.45, 7) is 3.55. The number of hydrogen-bond acceptors (Lipinski definition) is 3. The molecule has 1 aliphatic rings. The highest BCUT2D eigenvalue weighted by Crippen LogP contribution is 2.22. The first kappa shape index (κ1) is 13.9. The summed E-state index contributed by atoms with van der Waals surface area (Å²) >= 11 is 0. The van der Waals surface area contributed by atoms with Gasteiger partial charge in [0.1, 0.15) is 11.5 Å². The molecule has 3 rings (SSSR count). The van der Waals surface area contributed by atoms with E-state index in [1.807, 2.05) is 29.5 Å². The van der Waals surface area contributed by atoms with Crippen LogP contribution in [0, 0.1) is 12.8 Å². The van der Waals surface area contributed by atoms with Crippen LogP contribution < -0.4 is 0 Å². The number of piperidine rings is 1. The maximum Gasteiger partial charge on any atom is 0.272 e. The van der Waals surface area contributed by atoms with Crippen LogP contribution in [-0.4, -0.2) is 43.6 Å². The first-order chi connectivity index (χ1) is 10.1. The smallest absolute Gasteiger partial charge is 0.272 e. The van der Waals surface area contributed by atoms with Crippen molar-refractivity contribution in [2.45, 2.75) is 26.2 Å². The Morgan fingerprint density at radius 2 is 2.19 bits per heavy atom. The van der Waals surface area contributed by atoms with Gasteiger partial charge in [-0.2, -0.15) is 5.10 Å². The van der Waals surface area contributed by atoms with E-state index >= 15 is 0 Å². The predicted molar refractivity (Wildman–Crippen MR) is 78.9 cm³/mol. The molecule has 6 heteroatoms. The Balaban J connectivity index is 1.58. The molecule has 0 unspecified atom stereocenters. The molecular weight excluding hydrogens is 266 g/mol.